The van der Waals surface area contributed by atoms with Crippen LogP contribution >= 0.6 is 0 Å². The van der Waals surface area contributed by atoms with E-state index in [4.69, 9.17) is 15.3 Å². The van der Waals surface area contributed by atoms with Crippen molar-refractivity contribution < 1.29 is 19.1 Å². The van der Waals surface area contributed by atoms with Gasteiger partial charge < -0.3 is 10.5 Å². The highest BCUT2D eigenvalue weighted by Gasteiger charge is 2.17. The fourth-order valence-electron chi connectivity index (χ4n) is 2.39. The van der Waals surface area contributed by atoms with Gasteiger partial charge in [0.05, 0.1) is 24.3 Å². The molecule has 0 unspecified atom stereocenters. The number of methoxy groups -OCH3 is 1. The smallest absolute Gasteiger partial charge is 0.311 e. The van der Waals surface area contributed by atoms with E-state index in [0.717, 1.165) is 5.56 Å². The van der Waals surface area contributed by atoms with Crippen molar-refractivity contribution in [3.05, 3.63) is 69.4 Å². The molecule has 0 aliphatic rings. The molecule has 0 fully saturated rings. The summed E-state index contributed by atoms with van der Waals surface area (Å²) in [6.45, 7) is 1.96. The number of benzene rings is 2. The SMILES string of the molecule is COc1ccc(CONC(=Nc2ccc(C)cc2)c2nonc2N)cc1[N+](=O)[O-]. The van der Waals surface area contributed by atoms with Crippen LogP contribution in [0.3, 0.4) is 0 Å². The van der Waals surface area contributed by atoms with Crippen LogP contribution in [0.1, 0.15) is 16.8 Å². The molecule has 150 valence electrons. The fraction of sp³-hybridized carbons (Fsp3) is 0.167. The van der Waals surface area contributed by atoms with E-state index in [9.17, 15) is 10.1 Å². The Hall–Kier alpha value is -3.99. The molecule has 0 amide bonds. The van der Waals surface area contributed by atoms with E-state index in [1.165, 1.54) is 19.2 Å². The molecule has 29 heavy (non-hydrogen) atoms. The van der Waals surface area contributed by atoms with Gasteiger partial charge in [0.15, 0.2) is 23.1 Å². The first-order chi connectivity index (χ1) is 14.0. The molecule has 0 atom stereocenters. The lowest BCUT2D eigenvalue weighted by atomic mass is 10.2. The van der Waals surface area contributed by atoms with E-state index in [2.05, 4.69) is 25.4 Å². The second-order valence-electron chi connectivity index (χ2n) is 5.95. The molecule has 0 aliphatic carbocycles. The second kappa shape index (κ2) is 8.80. The molecule has 0 saturated carbocycles. The first-order valence-electron chi connectivity index (χ1n) is 8.41. The number of nitrogens with one attached hydrogen (secondary N) is 1. The van der Waals surface area contributed by atoms with Crippen molar-refractivity contribution in [3.63, 3.8) is 0 Å². The number of aromatic nitrogens is 2. The van der Waals surface area contributed by atoms with Crippen molar-refractivity contribution in [2.75, 3.05) is 12.8 Å². The molecule has 0 aliphatic heterocycles. The number of aryl methyl sites for hydroxylation is 1. The zero-order chi connectivity index (χ0) is 20.8. The van der Waals surface area contributed by atoms with Gasteiger partial charge in [0.2, 0.25) is 0 Å². The van der Waals surface area contributed by atoms with E-state index in [1.807, 2.05) is 31.2 Å². The number of nitrogen functional groups attached to an aromatic ring is 1. The average molecular weight is 398 g/mol. The Morgan fingerprint density at radius 1 is 1.28 bits per heavy atom. The molecule has 3 aromatic rings. The van der Waals surface area contributed by atoms with Crippen molar-refractivity contribution in [1.82, 2.24) is 15.8 Å². The van der Waals surface area contributed by atoms with Gasteiger partial charge in [-0.2, -0.15) is 0 Å². The maximum absolute atomic E-state index is 11.1. The minimum absolute atomic E-state index is 0.00291. The van der Waals surface area contributed by atoms with Gasteiger partial charge in [0.25, 0.3) is 0 Å². The number of anilines is 1. The summed E-state index contributed by atoms with van der Waals surface area (Å²) in [5.74, 6) is 0.373. The Labute approximate surface area is 165 Å². The number of aliphatic imine (C=N–C) groups is 1. The maximum atomic E-state index is 11.1. The van der Waals surface area contributed by atoms with Gasteiger partial charge in [0, 0.05) is 6.07 Å². The predicted molar refractivity (Wildman–Crippen MR) is 104 cm³/mol. The standard InChI is InChI=1S/C18H18N6O5/c1-11-3-6-13(7-4-11)20-18(16-17(19)22-29-21-16)23-28-10-12-5-8-15(27-2)14(9-12)24(25)26/h3-9H,10H2,1-2H3,(H2,19,22)(H,20,23). The molecule has 0 spiro atoms. The van der Waals surface area contributed by atoms with E-state index >= 15 is 0 Å². The largest absolute Gasteiger partial charge is 0.490 e. The molecular weight excluding hydrogens is 380 g/mol. The molecule has 11 nitrogen and oxygen atoms in total. The zero-order valence-electron chi connectivity index (χ0n) is 15.7. The predicted octanol–water partition coefficient (Wildman–Crippen LogP) is 2.68. The number of rotatable bonds is 7. The fourth-order valence-corrected chi connectivity index (χ4v) is 2.39. The van der Waals surface area contributed by atoms with Crippen LogP contribution in [0.15, 0.2) is 52.1 Å². The minimum atomic E-state index is -0.526. The number of nitrogens with zero attached hydrogens (tertiary/aromatic N) is 4. The molecule has 0 saturated heterocycles. The maximum Gasteiger partial charge on any atom is 0.311 e. The van der Waals surface area contributed by atoms with Crippen LogP contribution in [0.2, 0.25) is 0 Å². The first kappa shape index (κ1) is 19.8. The van der Waals surface area contributed by atoms with E-state index in [-0.39, 0.29) is 35.4 Å². The number of ether oxygens (including phenoxy) is 1. The number of hydroxylamine groups is 1. The Morgan fingerprint density at radius 3 is 2.66 bits per heavy atom. The van der Waals surface area contributed by atoms with Crippen LogP contribution in [0, 0.1) is 17.0 Å². The summed E-state index contributed by atoms with van der Waals surface area (Å²) in [7, 11) is 1.37. The van der Waals surface area contributed by atoms with E-state index < -0.39 is 4.92 Å². The van der Waals surface area contributed by atoms with Crippen LogP contribution in [0.25, 0.3) is 0 Å². The van der Waals surface area contributed by atoms with Crippen LogP contribution in [0.4, 0.5) is 17.2 Å². The number of nitrogens with two attached hydrogens (primary N) is 1. The molecular formula is C18H18N6O5. The quantitative estimate of drug-likeness (QED) is 0.265. The Morgan fingerprint density at radius 2 is 2.03 bits per heavy atom. The van der Waals surface area contributed by atoms with Crippen molar-refractivity contribution in [2.45, 2.75) is 13.5 Å². The van der Waals surface area contributed by atoms with Crippen LogP contribution < -0.4 is 16.0 Å². The third-order valence-corrected chi connectivity index (χ3v) is 3.86. The number of hydrogen-bond donors (Lipinski definition) is 2. The number of hydrogen-bond acceptors (Lipinski definition) is 9. The molecule has 1 aromatic heterocycles. The van der Waals surface area contributed by atoms with Crippen LogP contribution in [-0.2, 0) is 11.4 Å². The third-order valence-electron chi connectivity index (χ3n) is 3.86. The van der Waals surface area contributed by atoms with Gasteiger partial charge in [-0.15, -0.1) is 0 Å². The van der Waals surface area contributed by atoms with Crippen molar-refractivity contribution in [3.8, 4) is 5.75 Å². The summed E-state index contributed by atoms with van der Waals surface area (Å²) in [5, 5.41) is 18.4. The number of nitro groups is 1. The molecule has 3 rings (SSSR count). The average Bonchev–Trinajstić information content (AvgIpc) is 3.14. The highest BCUT2D eigenvalue weighted by molar-refractivity contribution is 6.01. The highest BCUT2D eigenvalue weighted by Crippen LogP contribution is 2.27. The molecule has 2 aromatic carbocycles. The van der Waals surface area contributed by atoms with Crippen molar-refractivity contribution >= 4 is 23.0 Å². The summed E-state index contributed by atoms with van der Waals surface area (Å²) in [6.07, 6.45) is 0. The van der Waals surface area contributed by atoms with E-state index in [0.29, 0.717) is 11.3 Å². The Balaban J connectivity index is 1.77. The zero-order valence-corrected chi connectivity index (χ0v) is 15.7. The lowest BCUT2D eigenvalue weighted by Gasteiger charge is -2.09. The third kappa shape index (κ3) is 4.84. The Bertz CT molecular complexity index is 1030. The van der Waals surface area contributed by atoms with Gasteiger partial charge in [-0.25, -0.2) is 15.1 Å². The second-order valence-corrected chi connectivity index (χ2v) is 5.95. The monoisotopic (exact) mass is 398 g/mol. The van der Waals surface area contributed by atoms with Gasteiger partial charge in [-0.1, -0.05) is 23.8 Å². The van der Waals surface area contributed by atoms with Gasteiger partial charge in [-0.05, 0) is 41.0 Å². The summed E-state index contributed by atoms with van der Waals surface area (Å²) >= 11 is 0. The van der Waals surface area contributed by atoms with Crippen molar-refractivity contribution in [1.29, 1.82) is 0 Å². The van der Waals surface area contributed by atoms with Gasteiger partial charge >= 0.3 is 5.69 Å². The summed E-state index contributed by atoms with van der Waals surface area (Å²) in [6, 6.07) is 11.9. The molecule has 3 N–H and O–H groups in total. The number of amidine groups is 1. The summed E-state index contributed by atoms with van der Waals surface area (Å²) < 4.78 is 9.61. The molecule has 1 heterocycles. The lowest BCUT2D eigenvalue weighted by Crippen LogP contribution is -2.26. The molecule has 0 radical (unpaired) electrons. The first-order valence-corrected chi connectivity index (χ1v) is 8.41. The minimum Gasteiger partial charge on any atom is -0.490 e. The lowest BCUT2D eigenvalue weighted by molar-refractivity contribution is -0.385. The summed E-state index contributed by atoms with van der Waals surface area (Å²) in [5.41, 5.74) is 10.7. The molecule has 11 heteroatoms. The van der Waals surface area contributed by atoms with Crippen LogP contribution in [-0.4, -0.2) is 28.2 Å². The Kier molecular flexibility index (Phi) is 6.00. The van der Waals surface area contributed by atoms with Crippen LogP contribution in [0.5, 0.6) is 5.75 Å². The van der Waals surface area contributed by atoms with E-state index in [1.54, 1.807) is 6.07 Å². The van der Waals surface area contributed by atoms with Gasteiger partial charge in [-0.3, -0.25) is 15.0 Å². The number of nitro benzene ring substituents is 1. The summed E-state index contributed by atoms with van der Waals surface area (Å²) in [4.78, 5) is 20.5. The molecule has 0 bridgehead atoms. The topological polar surface area (TPSA) is 151 Å². The normalized spacial score (nSPS) is 11.3. The highest BCUT2D eigenvalue weighted by atomic mass is 16.6. The van der Waals surface area contributed by atoms with Crippen molar-refractivity contribution in [2.24, 2.45) is 4.99 Å². The van der Waals surface area contributed by atoms with Gasteiger partial charge in [0.1, 0.15) is 0 Å².